The predicted molar refractivity (Wildman–Crippen MR) is 135 cm³/mol. The molecule has 0 atom stereocenters. The molecule has 4 aromatic rings. The van der Waals surface area contributed by atoms with Crippen LogP contribution >= 0.6 is 11.6 Å². The molecular weight excluding hydrogens is 484 g/mol. The van der Waals surface area contributed by atoms with Crippen LogP contribution in [0.25, 0.3) is 16.7 Å². The number of halogens is 1. The van der Waals surface area contributed by atoms with Crippen molar-refractivity contribution >= 4 is 40.2 Å². The highest BCUT2D eigenvalue weighted by Crippen LogP contribution is 2.15. The number of aromatic nitrogens is 3. The van der Waals surface area contributed by atoms with Crippen LogP contribution in [-0.4, -0.2) is 46.2 Å². The minimum absolute atomic E-state index is 0.0105. The number of hydrogen-bond donors (Lipinski definition) is 0. The van der Waals surface area contributed by atoms with Crippen molar-refractivity contribution in [2.75, 3.05) is 20.3 Å². The molecule has 4 rings (SSSR count). The van der Waals surface area contributed by atoms with E-state index in [0.29, 0.717) is 29.3 Å². The van der Waals surface area contributed by atoms with E-state index in [1.54, 1.807) is 49.1 Å². The van der Waals surface area contributed by atoms with Gasteiger partial charge >= 0.3 is 5.97 Å². The van der Waals surface area contributed by atoms with E-state index >= 15 is 0 Å². The molecule has 0 radical (unpaired) electrons. The van der Waals surface area contributed by atoms with Crippen LogP contribution in [0.15, 0.2) is 58.4 Å². The van der Waals surface area contributed by atoms with Gasteiger partial charge < -0.3 is 14.0 Å². The molecule has 0 saturated heterocycles. The van der Waals surface area contributed by atoms with E-state index in [4.69, 9.17) is 26.1 Å². The van der Waals surface area contributed by atoms with E-state index in [1.807, 2.05) is 13.0 Å². The van der Waals surface area contributed by atoms with Gasteiger partial charge in [-0.05, 0) is 56.2 Å². The molecule has 0 fully saturated rings. The van der Waals surface area contributed by atoms with Crippen molar-refractivity contribution in [1.82, 2.24) is 14.0 Å². The first-order chi connectivity index (χ1) is 17.3. The monoisotopic (exact) mass is 508 g/mol. The molecule has 0 aliphatic heterocycles. The van der Waals surface area contributed by atoms with Crippen LogP contribution in [0.2, 0.25) is 5.02 Å². The molecule has 0 aliphatic carbocycles. The standard InChI is InChI=1S/C26H25ClN4O5/c1-4-36-26(34)20-15-19-22(28-21-16(2)8-6-11-31(21)25(19)33)30(12-7-13-35-3)23(20)29-24(32)17-9-5-10-18(27)14-17/h5-6,8-11,14-15H,4,7,12-13H2,1-3H3. The van der Waals surface area contributed by atoms with Crippen LogP contribution < -0.4 is 11.0 Å². The number of carbonyl (C=O) groups excluding carboxylic acids is 2. The second-order valence-corrected chi connectivity index (χ2v) is 8.50. The van der Waals surface area contributed by atoms with Crippen molar-refractivity contribution < 1.29 is 19.1 Å². The number of rotatable bonds is 7. The zero-order valence-electron chi connectivity index (χ0n) is 20.2. The lowest BCUT2D eigenvalue weighted by Gasteiger charge is -2.15. The molecule has 0 bridgehead atoms. The number of pyridine rings is 2. The summed E-state index contributed by atoms with van der Waals surface area (Å²) in [7, 11) is 1.58. The molecule has 1 amide bonds. The molecule has 3 heterocycles. The van der Waals surface area contributed by atoms with Crippen molar-refractivity contribution in [3.63, 3.8) is 0 Å². The highest BCUT2D eigenvalue weighted by Gasteiger charge is 2.20. The SMILES string of the molecule is CCOC(=O)c1cc2c(=O)n3cccc(C)c3nc2n(CCCOC)c1=NC(=O)c1cccc(Cl)c1. The lowest BCUT2D eigenvalue weighted by molar-refractivity contribution is 0.0523. The summed E-state index contributed by atoms with van der Waals surface area (Å²) in [6, 6.07) is 11.4. The number of nitrogens with zero attached hydrogens (tertiary/aromatic N) is 4. The van der Waals surface area contributed by atoms with E-state index in [1.165, 1.54) is 16.5 Å². The quantitative estimate of drug-likeness (QED) is 0.215. The first kappa shape index (κ1) is 25.3. The smallest absolute Gasteiger partial charge is 0.341 e. The minimum Gasteiger partial charge on any atom is -0.462 e. The van der Waals surface area contributed by atoms with Gasteiger partial charge in [-0.15, -0.1) is 0 Å². The van der Waals surface area contributed by atoms with Crippen LogP contribution in [-0.2, 0) is 16.0 Å². The first-order valence-electron chi connectivity index (χ1n) is 11.4. The number of aryl methyl sites for hydroxylation is 2. The number of ether oxygens (including phenoxy) is 2. The van der Waals surface area contributed by atoms with Gasteiger partial charge in [-0.25, -0.2) is 9.78 Å². The van der Waals surface area contributed by atoms with Crippen LogP contribution in [0.4, 0.5) is 0 Å². The first-order valence-corrected chi connectivity index (χ1v) is 11.8. The molecule has 3 aromatic heterocycles. The van der Waals surface area contributed by atoms with E-state index in [9.17, 15) is 14.4 Å². The van der Waals surface area contributed by atoms with Gasteiger partial charge in [-0.2, -0.15) is 4.99 Å². The summed E-state index contributed by atoms with van der Waals surface area (Å²) in [6.45, 7) is 4.32. The lowest BCUT2D eigenvalue weighted by Crippen LogP contribution is -2.33. The summed E-state index contributed by atoms with van der Waals surface area (Å²) in [5.41, 5.74) is 1.50. The molecule has 10 heteroatoms. The summed E-state index contributed by atoms with van der Waals surface area (Å²) in [4.78, 5) is 48.7. The van der Waals surface area contributed by atoms with Crippen LogP contribution in [0.1, 0.15) is 39.6 Å². The zero-order chi connectivity index (χ0) is 25.8. The third kappa shape index (κ3) is 4.93. The largest absolute Gasteiger partial charge is 0.462 e. The third-order valence-electron chi connectivity index (χ3n) is 5.61. The van der Waals surface area contributed by atoms with E-state index in [-0.39, 0.29) is 40.7 Å². The van der Waals surface area contributed by atoms with Gasteiger partial charge in [0.1, 0.15) is 16.9 Å². The number of amides is 1. The zero-order valence-corrected chi connectivity index (χ0v) is 20.9. The van der Waals surface area contributed by atoms with Crippen molar-refractivity contribution in [2.24, 2.45) is 4.99 Å². The van der Waals surface area contributed by atoms with E-state index in [0.717, 1.165) is 5.56 Å². The second-order valence-electron chi connectivity index (χ2n) is 8.07. The average molecular weight is 509 g/mol. The number of benzene rings is 1. The molecule has 0 unspecified atom stereocenters. The number of methoxy groups -OCH3 is 1. The maximum atomic E-state index is 13.5. The van der Waals surface area contributed by atoms with Gasteiger partial charge in [0.25, 0.3) is 11.5 Å². The Kier molecular flexibility index (Phi) is 7.61. The summed E-state index contributed by atoms with van der Waals surface area (Å²) < 4.78 is 13.5. The summed E-state index contributed by atoms with van der Waals surface area (Å²) >= 11 is 6.06. The molecule has 0 spiro atoms. The van der Waals surface area contributed by atoms with Gasteiger partial charge in [0, 0.05) is 37.0 Å². The normalized spacial score (nSPS) is 11.8. The Bertz CT molecular complexity index is 1610. The Morgan fingerprint density at radius 3 is 2.67 bits per heavy atom. The van der Waals surface area contributed by atoms with E-state index < -0.39 is 11.9 Å². The molecule has 9 nitrogen and oxygen atoms in total. The molecule has 0 N–H and O–H groups in total. The average Bonchev–Trinajstić information content (AvgIpc) is 2.86. The Morgan fingerprint density at radius 1 is 1.14 bits per heavy atom. The molecule has 0 saturated carbocycles. The van der Waals surface area contributed by atoms with Crippen LogP contribution in [0.3, 0.4) is 0 Å². The Balaban J connectivity index is 2.12. The Morgan fingerprint density at radius 2 is 1.94 bits per heavy atom. The minimum atomic E-state index is -0.703. The fourth-order valence-electron chi connectivity index (χ4n) is 3.93. The molecule has 186 valence electrons. The topological polar surface area (TPSA) is 104 Å². The van der Waals surface area contributed by atoms with Gasteiger partial charge in [0.05, 0.1) is 12.0 Å². The van der Waals surface area contributed by atoms with Gasteiger partial charge in [-0.3, -0.25) is 14.0 Å². The van der Waals surface area contributed by atoms with Crippen LogP contribution in [0.5, 0.6) is 0 Å². The van der Waals surface area contributed by atoms with E-state index in [2.05, 4.69) is 4.99 Å². The molecule has 36 heavy (non-hydrogen) atoms. The lowest BCUT2D eigenvalue weighted by atomic mass is 10.2. The summed E-state index contributed by atoms with van der Waals surface area (Å²) in [5, 5.41) is 0.581. The van der Waals surface area contributed by atoms with Crippen molar-refractivity contribution in [1.29, 1.82) is 0 Å². The van der Waals surface area contributed by atoms with Gasteiger partial charge in [-0.1, -0.05) is 23.7 Å². The van der Waals surface area contributed by atoms with Gasteiger partial charge in [0.2, 0.25) is 0 Å². The number of hydrogen-bond acceptors (Lipinski definition) is 6. The van der Waals surface area contributed by atoms with Gasteiger partial charge in [0.15, 0.2) is 5.49 Å². The molecule has 1 aromatic carbocycles. The van der Waals surface area contributed by atoms with Crippen molar-refractivity contribution in [3.8, 4) is 0 Å². The number of esters is 1. The van der Waals surface area contributed by atoms with Crippen molar-refractivity contribution in [2.45, 2.75) is 26.8 Å². The highest BCUT2D eigenvalue weighted by atomic mass is 35.5. The maximum absolute atomic E-state index is 13.5. The molecule has 0 aliphatic rings. The van der Waals surface area contributed by atoms with Crippen molar-refractivity contribution in [3.05, 3.63) is 86.2 Å². The van der Waals surface area contributed by atoms with Crippen LogP contribution in [0, 0.1) is 6.92 Å². The fraction of sp³-hybridized carbons (Fsp3) is 0.269. The fourth-order valence-corrected chi connectivity index (χ4v) is 4.12. The number of carbonyl (C=O) groups is 2. The Labute approximate surface area is 211 Å². The Hall–Kier alpha value is -3.82. The predicted octanol–water partition coefficient (Wildman–Crippen LogP) is 3.57. The number of fused-ring (bicyclic) bond motifs is 2. The highest BCUT2D eigenvalue weighted by molar-refractivity contribution is 6.31. The maximum Gasteiger partial charge on any atom is 0.341 e. The summed E-state index contributed by atoms with van der Waals surface area (Å²) in [6.07, 6.45) is 2.14. The molecular formula is C26H25ClN4O5. The summed E-state index contributed by atoms with van der Waals surface area (Å²) in [5.74, 6) is -1.30. The second kappa shape index (κ2) is 10.8. The third-order valence-corrected chi connectivity index (χ3v) is 5.84.